The number of nitrogens with zero attached hydrogens (tertiary/aromatic N) is 1. The molecule has 1 aromatic heterocycles. The molecule has 0 aliphatic carbocycles. The van der Waals surface area contributed by atoms with Crippen molar-refractivity contribution in [3.63, 3.8) is 0 Å². The largest absolute Gasteiger partial charge is 0.495 e. The molecule has 2 unspecified atom stereocenters. The van der Waals surface area contributed by atoms with E-state index in [2.05, 4.69) is 77.6 Å². The first-order valence-electron chi connectivity index (χ1n) is 13.9. The minimum atomic E-state index is -4.67. The van der Waals surface area contributed by atoms with Crippen molar-refractivity contribution in [1.82, 2.24) is 9.88 Å². The lowest BCUT2D eigenvalue weighted by Gasteiger charge is -2.38. The molecule has 6 rings (SSSR count). The second kappa shape index (κ2) is 14.1. The number of hydrogen-bond acceptors (Lipinski definition) is 6. The average Bonchev–Trinajstić information content (AvgIpc) is 3.15. The molecule has 0 radical (unpaired) electrons. The number of H-pyrrole nitrogens is 1. The van der Waals surface area contributed by atoms with Gasteiger partial charge in [-0.25, -0.2) is 0 Å². The lowest BCUT2D eigenvalue weighted by molar-refractivity contribution is -0.0426. The monoisotopic (exact) mass is 594 g/mol. The molecule has 4 aromatic rings. The first-order valence-corrected chi connectivity index (χ1v) is 15.3. The number of benzene rings is 3. The summed E-state index contributed by atoms with van der Waals surface area (Å²) in [6.07, 6.45) is 5.43. The highest BCUT2D eigenvalue weighted by Gasteiger charge is 2.39. The van der Waals surface area contributed by atoms with Crippen LogP contribution in [0, 0.1) is 6.92 Å². The molecule has 42 heavy (non-hydrogen) atoms. The standard InChI is InChI=1S/C21H25NO.C11H11NO2.H2O4S/c1-22-18-12-13-19(22)15-20(14-18)23-21(16-8-4-2-5-9-16)17-10-6-3-7-11-17;1-7-6-10(13)12-11-8(7)4-3-5-9(11)14-2;1-5(2,3)4/h2-11,18-21H,12-15H2,1H3;3-6H,1-2H3,(H,12,13);(H2,1,2,3,4). The maximum absolute atomic E-state index is 11.3. The van der Waals surface area contributed by atoms with Crippen LogP contribution >= 0.6 is 0 Å². The number of piperidine rings is 1. The van der Waals surface area contributed by atoms with E-state index in [1.165, 1.54) is 36.8 Å². The predicted molar refractivity (Wildman–Crippen MR) is 163 cm³/mol. The molecule has 2 atom stereocenters. The van der Waals surface area contributed by atoms with Crippen LogP contribution < -0.4 is 10.3 Å². The van der Waals surface area contributed by atoms with E-state index in [0.29, 0.717) is 23.9 Å². The van der Waals surface area contributed by atoms with Crippen molar-refractivity contribution in [2.75, 3.05) is 14.2 Å². The Morgan fingerprint density at radius 3 is 1.90 bits per heavy atom. The second-order valence-corrected chi connectivity index (χ2v) is 11.5. The van der Waals surface area contributed by atoms with Crippen LogP contribution in [0.2, 0.25) is 0 Å². The number of ether oxygens (including phenoxy) is 2. The van der Waals surface area contributed by atoms with Crippen molar-refractivity contribution in [2.45, 2.75) is 56.9 Å². The molecule has 0 spiro atoms. The van der Waals surface area contributed by atoms with Gasteiger partial charge in [0.05, 0.1) is 18.7 Å². The maximum Gasteiger partial charge on any atom is 0.394 e. The first-order chi connectivity index (χ1) is 20.0. The summed E-state index contributed by atoms with van der Waals surface area (Å²) in [7, 11) is -0.792. The van der Waals surface area contributed by atoms with Crippen molar-refractivity contribution in [2.24, 2.45) is 0 Å². The zero-order valence-electron chi connectivity index (χ0n) is 24.0. The summed E-state index contributed by atoms with van der Waals surface area (Å²) in [5.41, 5.74) is 4.14. The Kier molecular flexibility index (Phi) is 10.5. The average molecular weight is 595 g/mol. The van der Waals surface area contributed by atoms with Crippen LogP contribution in [0.15, 0.2) is 89.7 Å². The molecular formula is C32H38N2O7S. The number of aromatic nitrogens is 1. The van der Waals surface area contributed by atoms with Crippen molar-refractivity contribution in [1.29, 1.82) is 0 Å². The van der Waals surface area contributed by atoms with Gasteiger partial charge in [0.15, 0.2) is 0 Å². The normalized spacial score (nSPS) is 19.9. The summed E-state index contributed by atoms with van der Waals surface area (Å²) in [6.45, 7) is 1.91. The Balaban J connectivity index is 0.000000181. The van der Waals surface area contributed by atoms with E-state index in [0.717, 1.165) is 16.5 Å². The van der Waals surface area contributed by atoms with Crippen molar-refractivity contribution in [3.05, 3.63) is 112 Å². The van der Waals surface area contributed by atoms with Gasteiger partial charge < -0.3 is 19.4 Å². The van der Waals surface area contributed by atoms with Crippen LogP contribution in [-0.2, 0) is 15.1 Å². The van der Waals surface area contributed by atoms with E-state index >= 15 is 0 Å². The van der Waals surface area contributed by atoms with E-state index in [4.69, 9.17) is 27.0 Å². The maximum atomic E-state index is 11.3. The molecule has 2 saturated heterocycles. The quantitative estimate of drug-likeness (QED) is 0.254. The summed E-state index contributed by atoms with van der Waals surface area (Å²) >= 11 is 0. The Labute approximate surface area is 246 Å². The second-order valence-electron chi connectivity index (χ2n) is 10.6. The highest BCUT2D eigenvalue weighted by Crippen LogP contribution is 2.38. The van der Waals surface area contributed by atoms with Gasteiger partial charge in [0, 0.05) is 23.5 Å². The first kappa shape index (κ1) is 31.4. The van der Waals surface area contributed by atoms with Crippen LogP contribution in [0.1, 0.15) is 48.5 Å². The smallest absolute Gasteiger partial charge is 0.394 e. The Hall–Kier alpha value is -3.54. The van der Waals surface area contributed by atoms with E-state index in [9.17, 15) is 4.79 Å². The zero-order chi connectivity index (χ0) is 30.3. The molecular weight excluding hydrogens is 556 g/mol. The van der Waals surface area contributed by atoms with Crippen LogP contribution in [0.3, 0.4) is 0 Å². The Morgan fingerprint density at radius 1 is 0.881 bits per heavy atom. The highest BCUT2D eigenvalue weighted by molar-refractivity contribution is 7.79. The van der Waals surface area contributed by atoms with Gasteiger partial charge in [-0.3, -0.25) is 13.9 Å². The molecule has 3 aromatic carbocycles. The fraction of sp³-hybridized carbons (Fsp3) is 0.344. The topological polar surface area (TPSA) is 129 Å². The minimum Gasteiger partial charge on any atom is -0.495 e. The number of hydrogen-bond donors (Lipinski definition) is 3. The van der Waals surface area contributed by atoms with Gasteiger partial charge >= 0.3 is 10.4 Å². The lowest BCUT2D eigenvalue weighted by atomic mass is 9.97. The molecule has 224 valence electrons. The van der Waals surface area contributed by atoms with Gasteiger partial charge in [0.25, 0.3) is 0 Å². The molecule has 10 heteroatoms. The van der Waals surface area contributed by atoms with Gasteiger partial charge in [-0.1, -0.05) is 72.8 Å². The molecule has 0 amide bonds. The van der Waals surface area contributed by atoms with Crippen LogP contribution in [0.25, 0.3) is 10.9 Å². The number of fused-ring (bicyclic) bond motifs is 3. The van der Waals surface area contributed by atoms with Crippen LogP contribution in [0.4, 0.5) is 0 Å². The molecule has 9 nitrogen and oxygen atoms in total. The lowest BCUT2D eigenvalue weighted by Crippen LogP contribution is -2.43. The van der Waals surface area contributed by atoms with Gasteiger partial charge in [-0.15, -0.1) is 0 Å². The van der Waals surface area contributed by atoms with E-state index < -0.39 is 10.4 Å². The molecule has 2 fully saturated rings. The molecule has 3 heterocycles. The van der Waals surface area contributed by atoms with Crippen molar-refractivity contribution < 1.29 is 27.0 Å². The number of aromatic amines is 1. The van der Waals surface area contributed by atoms with Gasteiger partial charge in [-0.2, -0.15) is 8.42 Å². The number of para-hydroxylation sites is 1. The number of rotatable bonds is 5. The van der Waals surface area contributed by atoms with E-state index in [1.54, 1.807) is 13.2 Å². The summed E-state index contributed by atoms with van der Waals surface area (Å²) in [5.74, 6) is 0.698. The molecule has 0 saturated carbocycles. The molecule has 2 bridgehead atoms. The van der Waals surface area contributed by atoms with Crippen LogP contribution in [-0.4, -0.2) is 59.8 Å². The fourth-order valence-electron chi connectivity index (χ4n) is 5.86. The minimum absolute atomic E-state index is 0.0465. The Morgan fingerprint density at radius 2 is 1.40 bits per heavy atom. The molecule has 2 aliphatic heterocycles. The SMILES string of the molecule is CN1C2CCC1CC(OC(c1ccccc1)c1ccccc1)C2.COc1cccc2c(C)cc(=O)[nH]c12.O=S(=O)(O)O. The van der Waals surface area contributed by atoms with E-state index in [1.807, 2.05) is 25.1 Å². The van der Waals surface area contributed by atoms with Gasteiger partial charge in [-0.05, 0) is 62.4 Å². The predicted octanol–water partition coefficient (Wildman–Crippen LogP) is 5.61. The molecule has 2 aliphatic rings. The molecule has 3 N–H and O–H groups in total. The summed E-state index contributed by atoms with van der Waals surface area (Å²) in [5, 5.41) is 1.02. The third kappa shape index (κ3) is 8.50. The third-order valence-electron chi connectivity index (χ3n) is 7.85. The number of pyridine rings is 1. The van der Waals surface area contributed by atoms with E-state index in [-0.39, 0.29) is 11.7 Å². The zero-order valence-corrected chi connectivity index (χ0v) is 24.8. The highest BCUT2D eigenvalue weighted by atomic mass is 32.3. The summed E-state index contributed by atoms with van der Waals surface area (Å²) in [4.78, 5) is 16.6. The number of methoxy groups -OCH3 is 1. The van der Waals surface area contributed by atoms with Gasteiger partial charge in [0.1, 0.15) is 11.9 Å². The number of nitrogens with one attached hydrogen (secondary N) is 1. The summed E-state index contributed by atoms with van der Waals surface area (Å²) < 4.78 is 43.4. The van der Waals surface area contributed by atoms with Crippen molar-refractivity contribution >= 4 is 21.3 Å². The third-order valence-corrected chi connectivity index (χ3v) is 7.85. The number of aryl methyl sites for hydroxylation is 1. The van der Waals surface area contributed by atoms with Crippen LogP contribution in [0.5, 0.6) is 5.75 Å². The fourth-order valence-corrected chi connectivity index (χ4v) is 5.86. The van der Waals surface area contributed by atoms with Gasteiger partial charge in [0.2, 0.25) is 5.56 Å². The Bertz CT molecular complexity index is 1550. The summed E-state index contributed by atoms with van der Waals surface area (Å²) in [6, 6.07) is 30.0. The van der Waals surface area contributed by atoms with Crippen molar-refractivity contribution in [3.8, 4) is 5.75 Å².